The zero-order valence-electron chi connectivity index (χ0n) is 8.26. The summed E-state index contributed by atoms with van der Waals surface area (Å²) >= 11 is 7.88. The quantitative estimate of drug-likeness (QED) is 0.528. The predicted molar refractivity (Wildman–Crippen MR) is 70.3 cm³/mol. The SMILES string of the molecule is C[Si](C)(Br)[Si](C)(C)[Si](C)(C)Br. The summed E-state index contributed by atoms with van der Waals surface area (Å²) < 4.78 is 0. The monoisotopic (exact) mass is 332 g/mol. The second-order valence-electron chi connectivity index (χ2n) is 4.57. The highest BCUT2D eigenvalue weighted by Crippen LogP contribution is 2.35. The summed E-state index contributed by atoms with van der Waals surface area (Å²) in [6.07, 6.45) is -2.11. The van der Waals surface area contributed by atoms with Gasteiger partial charge < -0.3 is 0 Å². The van der Waals surface area contributed by atoms with Crippen LogP contribution in [0.4, 0.5) is 0 Å². The van der Waals surface area contributed by atoms with E-state index < -0.39 is 19.5 Å². The lowest BCUT2D eigenvalue weighted by Gasteiger charge is -2.41. The van der Waals surface area contributed by atoms with E-state index in [0.29, 0.717) is 0 Å². The molecule has 0 radical (unpaired) electrons. The van der Waals surface area contributed by atoms with E-state index in [1.54, 1.807) is 0 Å². The van der Waals surface area contributed by atoms with E-state index in [1.165, 1.54) is 0 Å². The van der Waals surface area contributed by atoms with Crippen LogP contribution in [0.15, 0.2) is 0 Å². The maximum absolute atomic E-state index is 3.94. The standard InChI is InChI=1S/C6H18Br2Si3/c1-9(2,7)11(5,6)10(3,4)8/h1-6H3. The molecule has 0 spiro atoms. The smallest absolute Gasteiger partial charge is 0.114 e. The zero-order valence-corrected chi connectivity index (χ0v) is 14.4. The number of halogens is 2. The molecule has 0 amide bonds. The molecule has 0 saturated carbocycles. The average Bonchev–Trinajstić information content (AvgIpc) is 1.58. The molecule has 68 valence electrons. The van der Waals surface area contributed by atoms with Crippen molar-refractivity contribution < 1.29 is 0 Å². The Hall–Kier alpha value is 1.61. The molecule has 0 bridgehead atoms. The van der Waals surface area contributed by atoms with E-state index in [-0.39, 0.29) is 0 Å². The predicted octanol–water partition coefficient (Wildman–Crippen LogP) is 4.05. The maximum atomic E-state index is 3.94. The fourth-order valence-corrected chi connectivity index (χ4v) is 53.0. The highest BCUT2D eigenvalue weighted by molar-refractivity contribution is 9.31. The Morgan fingerprint density at radius 1 is 0.636 bits per heavy atom. The van der Waals surface area contributed by atoms with Crippen LogP contribution in [0.2, 0.25) is 39.3 Å². The van der Waals surface area contributed by atoms with Crippen molar-refractivity contribution in [3.8, 4) is 0 Å². The molecule has 0 atom stereocenters. The molecule has 0 saturated heterocycles. The van der Waals surface area contributed by atoms with Gasteiger partial charge in [-0.15, -0.1) is 30.6 Å². The number of hydrogen-bond donors (Lipinski definition) is 0. The Morgan fingerprint density at radius 2 is 0.818 bits per heavy atom. The molecular weight excluding hydrogens is 316 g/mol. The first-order valence-electron chi connectivity index (χ1n) is 3.88. The minimum atomic E-state index is -1.05. The van der Waals surface area contributed by atoms with E-state index in [0.717, 1.165) is 0 Å². The summed E-state index contributed by atoms with van der Waals surface area (Å²) in [5.41, 5.74) is 0. The van der Waals surface area contributed by atoms with Crippen molar-refractivity contribution in [2.75, 3.05) is 0 Å². The van der Waals surface area contributed by atoms with Crippen LogP contribution >= 0.6 is 30.6 Å². The van der Waals surface area contributed by atoms with E-state index in [2.05, 4.69) is 69.9 Å². The first kappa shape index (κ1) is 12.6. The summed E-state index contributed by atoms with van der Waals surface area (Å²) in [6.45, 7) is 14.8. The summed E-state index contributed by atoms with van der Waals surface area (Å²) in [6, 6.07) is 0. The maximum Gasteiger partial charge on any atom is 0.114 e. The normalized spacial score (nSPS) is 15.3. The van der Waals surface area contributed by atoms with Gasteiger partial charge in [0.25, 0.3) is 0 Å². The van der Waals surface area contributed by atoms with Gasteiger partial charge in [0, 0.05) is 0 Å². The molecule has 0 aliphatic heterocycles. The third-order valence-corrected chi connectivity index (χ3v) is 62.4. The molecule has 0 heterocycles. The first-order valence-corrected chi connectivity index (χ1v) is 19.4. The molecule has 0 N–H and O–H groups in total. The van der Waals surface area contributed by atoms with E-state index >= 15 is 0 Å². The van der Waals surface area contributed by atoms with Crippen molar-refractivity contribution >= 4 is 50.1 Å². The molecule has 5 heteroatoms. The molecule has 0 nitrogen and oxygen atoms in total. The Morgan fingerprint density at radius 3 is 0.818 bits per heavy atom. The van der Waals surface area contributed by atoms with Crippen LogP contribution in [0.3, 0.4) is 0 Å². The van der Waals surface area contributed by atoms with Crippen molar-refractivity contribution in [1.82, 2.24) is 0 Å². The molecular formula is C6H18Br2Si3. The van der Waals surface area contributed by atoms with Gasteiger partial charge in [0.2, 0.25) is 0 Å². The van der Waals surface area contributed by atoms with E-state index in [1.807, 2.05) is 0 Å². The molecule has 0 fully saturated rings. The Bertz CT molecular complexity index is 127. The van der Waals surface area contributed by atoms with Gasteiger partial charge >= 0.3 is 0 Å². The largest absolute Gasteiger partial charge is 0.131 e. The zero-order chi connectivity index (χ0) is 9.50. The van der Waals surface area contributed by atoms with Gasteiger partial charge in [0.15, 0.2) is 0 Å². The molecule has 0 aromatic carbocycles. The molecule has 0 unspecified atom stereocenters. The number of rotatable bonds is 2. The average molecular weight is 334 g/mol. The molecule has 0 aromatic rings. The lowest BCUT2D eigenvalue weighted by atomic mass is 11.9. The van der Waals surface area contributed by atoms with Crippen LogP contribution in [-0.4, -0.2) is 19.5 Å². The number of hydrogen-bond acceptors (Lipinski definition) is 0. The van der Waals surface area contributed by atoms with E-state index in [9.17, 15) is 0 Å². The Kier molecular flexibility index (Phi) is 3.90. The fraction of sp³-hybridized carbons (Fsp3) is 1.00. The lowest BCUT2D eigenvalue weighted by molar-refractivity contribution is 1.86. The van der Waals surface area contributed by atoms with Crippen LogP contribution in [0.5, 0.6) is 0 Å². The van der Waals surface area contributed by atoms with Crippen LogP contribution in [-0.2, 0) is 0 Å². The van der Waals surface area contributed by atoms with Gasteiger partial charge in [0.1, 0.15) is 12.4 Å². The molecule has 11 heavy (non-hydrogen) atoms. The van der Waals surface area contributed by atoms with Gasteiger partial charge in [0.05, 0.1) is 7.11 Å². The van der Waals surface area contributed by atoms with Crippen molar-refractivity contribution in [2.24, 2.45) is 0 Å². The van der Waals surface area contributed by atoms with Crippen LogP contribution < -0.4 is 0 Å². The summed E-state index contributed by atoms with van der Waals surface area (Å²) in [5.74, 6) is 0. The fourth-order valence-electron chi connectivity index (χ4n) is 0.707. The van der Waals surface area contributed by atoms with Crippen LogP contribution in [0, 0.1) is 0 Å². The molecule has 0 aliphatic rings. The highest BCUT2D eigenvalue weighted by atomic mass is 79.9. The van der Waals surface area contributed by atoms with Gasteiger partial charge in [-0.2, -0.15) is 0 Å². The second-order valence-corrected chi connectivity index (χ2v) is 46.5. The van der Waals surface area contributed by atoms with Crippen molar-refractivity contribution in [1.29, 1.82) is 0 Å². The van der Waals surface area contributed by atoms with Crippen molar-refractivity contribution in [3.05, 3.63) is 0 Å². The minimum Gasteiger partial charge on any atom is -0.131 e. The van der Waals surface area contributed by atoms with Gasteiger partial charge in [-0.25, -0.2) is 0 Å². The van der Waals surface area contributed by atoms with Crippen LogP contribution in [0.25, 0.3) is 0 Å². The third kappa shape index (κ3) is 2.79. The summed E-state index contributed by atoms with van der Waals surface area (Å²) in [7, 11) is -0.995. The Labute approximate surface area is 88.9 Å². The lowest BCUT2D eigenvalue weighted by Crippen LogP contribution is -2.64. The highest BCUT2D eigenvalue weighted by Gasteiger charge is 2.50. The Balaban J connectivity index is 4.75. The van der Waals surface area contributed by atoms with Gasteiger partial charge in [-0.05, 0) is 0 Å². The summed E-state index contributed by atoms with van der Waals surface area (Å²) in [4.78, 5) is 0. The van der Waals surface area contributed by atoms with Crippen LogP contribution in [0.1, 0.15) is 0 Å². The second kappa shape index (κ2) is 3.40. The first-order chi connectivity index (χ1) is 4.50. The summed E-state index contributed by atoms with van der Waals surface area (Å²) in [5, 5.41) is 0. The molecule has 0 rings (SSSR count). The van der Waals surface area contributed by atoms with E-state index in [4.69, 9.17) is 0 Å². The topological polar surface area (TPSA) is 0 Å². The van der Waals surface area contributed by atoms with Gasteiger partial charge in [-0.1, -0.05) is 39.3 Å². The minimum absolute atomic E-state index is 0.995. The molecule has 0 aromatic heterocycles. The third-order valence-electron chi connectivity index (χ3n) is 2.97. The van der Waals surface area contributed by atoms with Crippen molar-refractivity contribution in [2.45, 2.75) is 39.3 Å². The molecule has 0 aliphatic carbocycles. The van der Waals surface area contributed by atoms with Gasteiger partial charge in [-0.3, -0.25) is 0 Å². The van der Waals surface area contributed by atoms with Crippen molar-refractivity contribution in [3.63, 3.8) is 0 Å².